The van der Waals surface area contributed by atoms with Crippen LogP contribution in [0.3, 0.4) is 0 Å². The van der Waals surface area contributed by atoms with Crippen molar-refractivity contribution < 1.29 is 0 Å². The van der Waals surface area contributed by atoms with Crippen LogP contribution in [0.5, 0.6) is 0 Å². The van der Waals surface area contributed by atoms with Crippen molar-refractivity contribution in [2.75, 3.05) is 32.7 Å². The van der Waals surface area contributed by atoms with E-state index in [0.717, 1.165) is 32.7 Å². The van der Waals surface area contributed by atoms with Crippen LogP contribution in [0.4, 0.5) is 0 Å². The third-order valence-electron chi connectivity index (χ3n) is 2.27. The minimum Gasteiger partial charge on any atom is -0.317 e. The summed E-state index contributed by atoms with van der Waals surface area (Å²) < 4.78 is 0. The molecule has 0 aliphatic carbocycles. The number of nitrogens with zero attached hydrogens (tertiary/aromatic N) is 1. The Morgan fingerprint density at radius 2 is 2.00 bits per heavy atom. The molecule has 14 heavy (non-hydrogen) atoms. The topological polar surface area (TPSA) is 15.3 Å². The molecular formula is C12H24N2. The number of terminal acetylenes is 1. The van der Waals surface area contributed by atoms with Gasteiger partial charge in [0.2, 0.25) is 0 Å². The molecule has 0 saturated heterocycles. The molecule has 0 aliphatic heterocycles. The summed E-state index contributed by atoms with van der Waals surface area (Å²) in [7, 11) is 0. The fourth-order valence-corrected chi connectivity index (χ4v) is 1.37. The van der Waals surface area contributed by atoms with Crippen LogP contribution in [0.2, 0.25) is 0 Å². The van der Waals surface area contributed by atoms with Gasteiger partial charge in [0.15, 0.2) is 0 Å². The van der Waals surface area contributed by atoms with Gasteiger partial charge in [0.1, 0.15) is 0 Å². The summed E-state index contributed by atoms with van der Waals surface area (Å²) in [4.78, 5) is 2.31. The zero-order valence-electron chi connectivity index (χ0n) is 9.68. The maximum Gasteiger partial charge on any atom is 0.0598 e. The van der Waals surface area contributed by atoms with Gasteiger partial charge in [-0.3, -0.25) is 4.90 Å². The molecule has 0 atom stereocenters. The standard InChI is InChI=1S/C12H24N2/c1-4-9-13-10-7-8-12-14(6-3)11-5-2/h2,13H,4,6-12H2,1,3H3. The predicted octanol–water partition coefficient (Wildman–Crippen LogP) is 1.72. The lowest BCUT2D eigenvalue weighted by Crippen LogP contribution is -2.25. The van der Waals surface area contributed by atoms with E-state index in [1.807, 2.05) is 0 Å². The van der Waals surface area contributed by atoms with Crippen LogP contribution in [0, 0.1) is 12.3 Å². The molecule has 2 heteroatoms. The summed E-state index contributed by atoms with van der Waals surface area (Å²) in [5.41, 5.74) is 0. The van der Waals surface area contributed by atoms with E-state index in [1.165, 1.54) is 19.3 Å². The number of hydrogen-bond donors (Lipinski definition) is 1. The van der Waals surface area contributed by atoms with Gasteiger partial charge in [-0.05, 0) is 45.4 Å². The van der Waals surface area contributed by atoms with Crippen LogP contribution in [0.1, 0.15) is 33.1 Å². The van der Waals surface area contributed by atoms with Crippen molar-refractivity contribution in [3.63, 3.8) is 0 Å². The molecule has 0 spiro atoms. The van der Waals surface area contributed by atoms with E-state index in [9.17, 15) is 0 Å². The van der Waals surface area contributed by atoms with Gasteiger partial charge in [-0.1, -0.05) is 19.8 Å². The molecule has 0 radical (unpaired) electrons. The SMILES string of the molecule is C#CCN(CC)CCCCNCCC. The van der Waals surface area contributed by atoms with E-state index in [4.69, 9.17) is 6.42 Å². The molecule has 82 valence electrons. The van der Waals surface area contributed by atoms with E-state index < -0.39 is 0 Å². The molecule has 0 aromatic carbocycles. The molecule has 1 N–H and O–H groups in total. The number of rotatable bonds is 9. The van der Waals surface area contributed by atoms with Crippen molar-refractivity contribution in [1.29, 1.82) is 0 Å². The molecule has 0 heterocycles. The van der Waals surface area contributed by atoms with Gasteiger partial charge in [0.25, 0.3) is 0 Å². The summed E-state index contributed by atoms with van der Waals surface area (Å²) in [6, 6.07) is 0. The van der Waals surface area contributed by atoms with Gasteiger partial charge in [-0.2, -0.15) is 0 Å². The summed E-state index contributed by atoms with van der Waals surface area (Å²) >= 11 is 0. The smallest absolute Gasteiger partial charge is 0.0598 e. The fourth-order valence-electron chi connectivity index (χ4n) is 1.37. The third kappa shape index (κ3) is 8.10. The molecule has 2 nitrogen and oxygen atoms in total. The molecule has 0 fully saturated rings. The van der Waals surface area contributed by atoms with Crippen molar-refractivity contribution in [3.05, 3.63) is 0 Å². The highest BCUT2D eigenvalue weighted by atomic mass is 15.1. The average Bonchev–Trinajstić information content (AvgIpc) is 2.21. The fraction of sp³-hybridized carbons (Fsp3) is 0.833. The molecule has 0 amide bonds. The molecule has 0 saturated carbocycles. The first-order valence-corrected chi connectivity index (χ1v) is 5.71. The minimum atomic E-state index is 0.791. The van der Waals surface area contributed by atoms with Gasteiger partial charge in [0.05, 0.1) is 6.54 Å². The summed E-state index contributed by atoms with van der Waals surface area (Å²) in [5.74, 6) is 2.69. The van der Waals surface area contributed by atoms with E-state index in [1.54, 1.807) is 0 Å². The Balaban J connectivity index is 3.21. The Bertz CT molecular complexity index is 149. The van der Waals surface area contributed by atoms with Crippen LogP contribution in [0.25, 0.3) is 0 Å². The molecule has 0 aromatic rings. The molecule has 0 unspecified atom stereocenters. The van der Waals surface area contributed by atoms with Gasteiger partial charge in [-0.15, -0.1) is 6.42 Å². The highest BCUT2D eigenvalue weighted by Gasteiger charge is 1.98. The highest BCUT2D eigenvalue weighted by Crippen LogP contribution is 1.93. The van der Waals surface area contributed by atoms with Crippen LogP contribution < -0.4 is 5.32 Å². The largest absolute Gasteiger partial charge is 0.317 e. The Morgan fingerprint density at radius 3 is 2.57 bits per heavy atom. The zero-order valence-corrected chi connectivity index (χ0v) is 9.68. The molecule has 0 bridgehead atoms. The van der Waals surface area contributed by atoms with Crippen LogP contribution in [0.15, 0.2) is 0 Å². The number of hydrogen-bond acceptors (Lipinski definition) is 2. The van der Waals surface area contributed by atoms with Gasteiger partial charge in [0, 0.05) is 0 Å². The maximum atomic E-state index is 5.27. The first kappa shape index (κ1) is 13.5. The minimum absolute atomic E-state index is 0.791. The third-order valence-corrected chi connectivity index (χ3v) is 2.27. The van der Waals surface area contributed by atoms with E-state index in [-0.39, 0.29) is 0 Å². The highest BCUT2D eigenvalue weighted by molar-refractivity contribution is 4.87. The Morgan fingerprint density at radius 1 is 1.21 bits per heavy atom. The molecular weight excluding hydrogens is 172 g/mol. The van der Waals surface area contributed by atoms with Crippen molar-refractivity contribution in [3.8, 4) is 12.3 Å². The second-order valence-corrected chi connectivity index (χ2v) is 3.53. The van der Waals surface area contributed by atoms with Crippen molar-refractivity contribution in [1.82, 2.24) is 10.2 Å². The summed E-state index contributed by atoms with van der Waals surface area (Å²) in [5, 5.41) is 3.40. The van der Waals surface area contributed by atoms with Gasteiger partial charge < -0.3 is 5.32 Å². The lowest BCUT2D eigenvalue weighted by molar-refractivity contribution is 0.315. The van der Waals surface area contributed by atoms with E-state index in [2.05, 4.69) is 30.0 Å². The first-order valence-electron chi connectivity index (χ1n) is 5.71. The Kier molecular flexibility index (Phi) is 10.2. The quantitative estimate of drug-likeness (QED) is 0.446. The van der Waals surface area contributed by atoms with Crippen LogP contribution in [-0.2, 0) is 0 Å². The lowest BCUT2D eigenvalue weighted by atomic mass is 10.3. The van der Waals surface area contributed by atoms with Crippen molar-refractivity contribution in [2.24, 2.45) is 0 Å². The lowest BCUT2D eigenvalue weighted by Gasteiger charge is -2.16. The second kappa shape index (κ2) is 10.6. The Labute approximate surface area is 89.1 Å². The zero-order chi connectivity index (χ0) is 10.6. The molecule has 0 aromatic heterocycles. The maximum absolute atomic E-state index is 5.27. The molecule has 0 rings (SSSR count). The van der Waals surface area contributed by atoms with E-state index >= 15 is 0 Å². The van der Waals surface area contributed by atoms with Crippen LogP contribution in [-0.4, -0.2) is 37.6 Å². The van der Waals surface area contributed by atoms with E-state index in [0.29, 0.717) is 0 Å². The normalized spacial score (nSPS) is 10.4. The van der Waals surface area contributed by atoms with Gasteiger partial charge >= 0.3 is 0 Å². The van der Waals surface area contributed by atoms with Crippen molar-refractivity contribution in [2.45, 2.75) is 33.1 Å². The summed E-state index contributed by atoms with van der Waals surface area (Å²) in [6.45, 7) is 9.62. The second-order valence-electron chi connectivity index (χ2n) is 3.53. The summed E-state index contributed by atoms with van der Waals surface area (Å²) in [6.07, 6.45) is 8.98. The Hall–Kier alpha value is -0.520. The average molecular weight is 196 g/mol. The predicted molar refractivity (Wildman–Crippen MR) is 63.3 cm³/mol. The van der Waals surface area contributed by atoms with Crippen molar-refractivity contribution >= 4 is 0 Å². The number of nitrogens with one attached hydrogen (secondary N) is 1. The van der Waals surface area contributed by atoms with Crippen LogP contribution >= 0.6 is 0 Å². The first-order chi connectivity index (χ1) is 6.85. The monoisotopic (exact) mass is 196 g/mol. The number of unbranched alkanes of at least 4 members (excludes halogenated alkanes) is 1. The van der Waals surface area contributed by atoms with Gasteiger partial charge in [-0.25, -0.2) is 0 Å². The molecule has 0 aliphatic rings.